The number of nitrogens with one attached hydrogen (secondary N) is 2. The Morgan fingerprint density at radius 3 is 2.43 bits per heavy atom. The van der Waals surface area contributed by atoms with Gasteiger partial charge in [0.1, 0.15) is 17.9 Å². The van der Waals surface area contributed by atoms with Gasteiger partial charge in [0.15, 0.2) is 0 Å². The van der Waals surface area contributed by atoms with Crippen LogP contribution < -0.4 is 10.6 Å². The fourth-order valence-corrected chi connectivity index (χ4v) is 3.71. The molecule has 7 heteroatoms. The van der Waals surface area contributed by atoms with Crippen LogP contribution in [0.15, 0.2) is 54.6 Å². The maximum atomic E-state index is 13.3. The summed E-state index contributed by atoms with van der Waals surface area (Å²) in [5.74, 6) is -1.33. The summed E-state index contributed by atoms with van der Waals surface area (Å²) in [5.41, 5.74) is 0.382. The van der Waals surface area contributed by atoms with Crippen LogP contribution in [0.3, 0.4) is 0 Å². The van der Waals surface area contributed by atoms with Gasteiger partial charge in [0, 0.05) is 6.04 Å². The highest BCUT2D eigenvalue weighted by molar-refractivity contribution is 6.09. The van der Waals surface area contributed by atoms with Gasteiger partial charge in [-0.2, -0.15) is 0 Å². The number of nitrogens with zero attached hydrogens (tertiary/aromatic N) is 1. The average Bonchev–Trinajstić information content (AvgIpc) is 2.98. The standard InChI is InChI=1S/C23H26FN3O3/c1-3-23(18-11-13-19(24)14-12-18)21(29)27(22(30)26-23)15-20(28)25-16(2)9-10-17-7-5-4-6-8-17/h4-8,11-14,16H,3,9-10,15H2,1-2H3,(H,25,28)(H,26,30)/t16-,23-/m1/s1. The zero-order valence-electron chi connectivity index (χ0n) is 17.2. The average molecular weight is 411 g/mol. The van der Waals surface area contributed by atoms with E-state index in [2.05, 4.69) is 10.6 Å². The number of amides is 4. The number of carbonyl (C=O) groups is 3. The Balaban J connectivity index is 1.61. The molecule has 0 unspecified atom stereocenters. The third kappa shape index (κ3) is 4.50. The number of hydrogen-bond donors (Lipinski definition) is 2. The summed E-state index contributed by atoms with van der Waals surface area (Å²) in [6.45, 7) is 3.29. The normalized spacial score (nSPS) is 19.5. The highest BCUT2D eigenvalue weighted by Crippen LogP contribution is 2.32. The van der Waals surface area contributed by atoms with Gasteiger partial charge in [0.25, 0.3) is 5.91 Å². The lowest BCUT2D eigenvalue weighted by molar-refractivity contribution is -0.135. The van der Waals surface area contributed by atoms with E-state index in [1.54, 1.807) is 6.92 Å². The first kappa shape index (κ1) is 21.5. The SMILES string of the molecule is CC[C@]1(c2ccc(F)cc2)NC(=O)N(CC(=O)N[C@H](C)CCc2ccccc2)C1=O. The van der Waals surface area contributed by atoms with Gasteiger partial charge >= 0.3 is 6.03 Å². The van der Waals surface area contributed by atoms with Gasteiger partial charge in [0.2, 0.25) is 5.91 Å². The summed E-state index contributed by atoms with van der Waals surface area (Å²) in [6.07, 6.45) is 1.84. The molecule has 3 rings (SSSR count). The van der Waals surface area contributed by atoms with Crippen molar-refractivity contribution >= 4 is 17.8 Å². The summed E-state index contributed by atoms with van der Waals surface area (Å²) in [5, 5.41) is 5.54. The van der Waals surface area contributed by atoms with Crippen molar-refractivity contribution in [1.82, 2.24) is 15.5 Å². The van der Waals surface area contributed by atoms with E-state index in [1.807, 2.05) is 37.3 Å². The summed E-state index contributed by atoms with van der Waals surface area (Å²) in [4.78, 5) is 38.9. The molecule has 158 valence electrons. The number of hydrogen-bond acceptors (Lipinski definition) is 3. The Morgan fingerprint density at radius 1 is 1.13 bits per heavy atom. The number of imide groups is 1. The second-order valence-corrected chi connectivity index (χ2v) is 7.58. The Labute approximate surface area is 175 Å². The van der Waals surface area contributed by atoms with E-state index < -0.39 is 29.2 Å². The lowest BCUT2D eigenvalue weighted by Gasteiger charge is -2.25. The third-order valence-corrected chi connectivity index (χ3v) is 5.46. The van der Waals surface area contributed by atoms with Gasteiger partial charge in [-0.3, -0.25) is 14.5 Å². The van der Waals surface area contributed by atoms with Crippen LogP contribution in [-0.2, 0) is 21.5 Å². The molecule has 1 fully saturated rings. The lowest BCUT2D eigenvalue weighted by atomic mass is 9.87. The van der Waals surface area contributed by atoms with E-state index >= 15 is 0 Å². The molecule has 0 radical (unpaired) electrons. The first-order chi connectivity index (χ1) is 14.4. The van der Waals surface area contributed by atoms with Crippen LogP contribution in [0, 0.1) is 5.82 Å². The molecule has 1 aliphatic rings. The second kappa shape index (κ2) is 9.07. The Hall–Kier alpha value is -3.22. The molecular formula is C23H26FN3O3. The quantitative estimate of drug-likeness (QED) is 0.655. The summed E-state index contributed by atoms with van der Waals surface area (Å²) >= 11 is 0. The molecule has 1 heterocycles. The van der Waals surface area contributed by atoms with Crippen LogP contribution in [0.25, 0.3) is 0 Å². The van der Waals surface area contributed by atoms with Crippen molar-refractivity contribution < 1.29 is 18.8 Å². The zero-order chi connectivity index (χ0) is 21.7. The van der Waals surface area contributed by atoms with Crippen LogP contribution in [0.4, 0.5) is 9.18 Å². The van der Waals surface area contributed by atoms with Crippen molar-refractivity contribution in [3.05, 3.63) is 71.5 Å². The highest BCUT2D eigenvalue weighted by atomic mass is 19.1. The van der Waals surface area contributed by atoms with Gasteiger partial charge in [-0.1, -0.05) is 49.4 Å². The molecule has 1 aliphatic heterocycles. The van der Waals surface area contributed by atoms with Gasteiger partial charge in [-0.25, -0.2) is 9.18 Å². The molecule has 4 amide bonds. The van der Waals surface area contributed by atoms with Crippen LogP contribution in [0.5, 0.6) is 0 Å². The molecule has 2 atom stereocenters. The number of urea groups is 1. The Morgan fingerprint density at radius 2 is 1.80 bits per heavy atom. The van der Waals surface area contributed by atoms with Gasteiger partial charge in [-0.15, -0.1) is 0 Å². The molecular weight excluding hydrogens is 385 g/mol. The van der Waals surface area contributed by atoms with Gasteiger partial charge in [-0.05, 0) is 49.4 Å². The van der Waals surface area contributed by atoms with Crippen molar-refractivity contribution in [3.63, 3.8) is 0 Å². The summed E-state index contributed by atoms with van der Waals surface area (Å²) < 4.78 is 13.3. The molecule has 0 saturated carbocycles. The fraction of sp³-hybridized carbons (Fsp3) is 0.348. The highest BCUT2D eigenvalue weighted by Gasteiger charge is 2.51. The van der Waals surface area contributed by atoms with Crippen LogP contribution in [0.2, 0.25) is 0 Å². The number of benzene rings is 2. The van der Waals surface area contributed by atoms with E-state index in [1.165, 1.54) is 29.8 Å². The van der Waals surface area contributed by atoms with Crippen molar-refractivity contribution in [3.8, 4) is 0 Å². The molecule has 0 bridgehead atoms. The number of rotatable bonds is 8. The van der Waals surface area contributed by atoms with E-state index in [0.29, 0.717) is 5.56 Å². The largest absolute Gasteiger partial charge is 0.352 e. The van der Waals surface area contributed by atoms with E-state index in [9.17, 15) is 18.8 Å². The van der Waals surface area contributed by atoms with E-state index in [4.69, 9.17) is 0 Å². The predicted molar refractivity (Wildman–Crippen MR) is 111 cm³/mol. The molecule has 2 N–H and O–H groups in total. The van der Waals surface area contributed by atoms with Crippen molar-refractivity contribution in [2.24, 2.45) is 0 Å². The fourth-order valence-electron chi connectivity index (χ4n) is 3.71. The molecule has 0 aromatic heterocycles. The first-order valence-electron chi connectivity index (χ1n) is 10.1. The van der Waals surface area contributed by atoms with Crippen molar-refractivity contribution in [1.29, 1.82) is 0 Å². The number of carbonyl (C=O) groups excluding carboxylic acids is 3. The lowest BCUT2D eigenvalue weighted by Crippen LogP contribution is -2.46. The topological polar surface area (TPSA) is 78.5 Å². The minimum absolute atomic E-state index is 0.105. The minimum Gasteiger partial charge on any atom is -0.352 e. The smallest absolute Gasteiger partial charge is 0.325 e. The zero-order valence-corrected chi connectivity index (χ0v) is 17.2. The molecule has 0 spiro atoms. The van der Waals surface area contributed by atoms with Crippen LogP contribution >= 0.6 is 0 Å². The summed E-state index contributed by atoms with van der Waals surface area (Å²) in [6, 6.07) is 14.7. The maximum Gasteiger partial charge on any atom is 0.325 e. The van der Waals surface area contributed by atoms with Gasteiger partial charge in [0.05, 0.1) is 0 Å². The van der Waals surface area contributed by atoms with Gasteiger partial charge < -0.3 is 10.6 Å². The number of halogens is 1. The van der Waals surface area contributed by atoms with Crippen LogP contribution in [-0.4, -0.2) is 35.3 Å². The molecule has 2 aromatic carbocycles. The predicted octanol–water partition coefficient (Wildman–Crippen LogP) is 3.12. The number of aryl methyl sites for hydroxylation is 1. The molecule has 2 aromatic rings. The Kier molecular flexibility index (Phi) is 6.50. The minimum atomic E-state index is -1.29. The molecule has 6 nitrogen and oxygen atoms in total. The Bertz CT molecular complexity index is 917. The molecule has 30 heavy (non-hydrogen) atoms. The monoisotopic (exact) mass is 411 g/mol. The maximum absolute atomic E-state index is 13.3. The van der Waals surface area contributed by atoms with E-state index in [-0.39, 0.29) is 19.0 Å². The van der Waals surface area contributed by atoms with Crippen LogP contribution in [0.1, 0.15) is 37.8 Å². The third-order valence-electron chi connectivity index (χ3n) is 5.46. The van der Waals surface area contributed by atoms with Crippen molar-refractivity contribution in [2.75, 3.05) is 6.54 Å². The second-order valence-electron chi connectivity index (χ2n) is 7.58. The van der Waals surface area contributed by atoms with E-state index in [0.717, 1.165) is 17.7 Å². The molecule has 1 saturated heterocycles. The molecule has 0 aliphatic carbocycles. The summed E-state index contributed by atoms with van der Waals surface area (Å²) in [7, 11) is 0. The van der Waals surface area contributed by atoms with Crippen molar-refractivity contribution in [2.45, 2.75) is 44.7 Å². The first-order valence-corrected chi connectivity index (χ1v) is 10.1.